The van der Waals surface area contributed by atoms with Crippen LogP contribution in [0.2, 0.25) is 0 Å². The number of ether oxygens (including phenoxy) is 2. The minimum Gasteiger partial charge on any atom is -0.348 e. The van der Waals surface area contributed by atoms with E-state index in [2.05, 4.69) is 10.3 Å². The molecule has 1 aliphatic carbocycles. The van der Waals surface area contributed by atoms with Crippen molar-refractivity contribution in [2.75, 3.05) is 19.8 Å². The maximum Gasteiger partial charge on any atom is 0.168 e. The van der Waals surface area contributed by atoms with Crippen molar-refractivity contribution < 1.29 is 9.47 Å². The van der Waals surface area contributed by atoms with Gasteiger partial charge in [0.2, 0.25) is 0 Å². The van der Waals surface area contributed by atoms with Crippen LogP contribution in [-0.4, -0.2) is 30.5 Å². The molecule has 1 saturated heterocycles. The van der Waals surface area contributed by atoms with Crippen LogP contribution in [0.5, 0.6) is 0 Å². The van der Waals surface area contributed by atoms with E-state index in [1.54, 1.807) is 11.3 Å². The highest BCUT2D eigenvalue weighted by Gasteiger charge is 2.39. The van der Waals surface area contributed by atoms with Gasteiger partial charge in [0.1, 0.15) is 0 Å². The van der Waals surface area contributed by atoms with Crippen molar-refractivity contribution in [3.05, 3.63) is 16.6 Å². The summed E-state index contributed by atoms with van der Waals surface area (Å²) in [5.74, 6) is 0.546. The standard InChI is InChI=1S/C13H20N2O2S/c1-3-13(16-5-6-17-13)4-2-11(1)7-14-8-12-9-15-10-18-12/h9-11,14H,1-8H2. The summed E-state index contributed by atoms with van der Waals surface area (Å²) in [6.07, 6.45) is 6.46. The summed E-state index contributed by atoms with van der Waals surface area (Å²) in [6.45, 7) is 3.58. The molecule has 1 N–H and O–H groups in total. The van der Waals surface area contributed by atoms with Crippen molar-refractivity contribution in [3.63, 3.8) is 0 Å². The molecule has 4 nitrogen and oxygen atoms in total. The van der Waals surface area contributed by atoms with E-state index in [4.69, 9.17) is 9.47 Å². The smallest absolute Gasteiger partial charge is 0.168 e. The first-order valence-corrected chi connectivity index (χ1v) is 7.60. The Hall–Kier alpha value is -0.490. The minimum absolute atomic E-state index is 0.214. The second-order valence-electron chi connectivity index (χ2n) is 5.15. The summed E-state index contributed by atoms with van der Waals surface area (Å²) >= 11 is 1.71. The molecule has 0 amide bonds. The first-order chi connectivity index (χ1) is 8.86. The zero-order valence-corrected chi connectivity index (χ0v) is 11.4. The molecule has 0 bridgehead atoms. The molecule has 18 heavy (non-hydrogen) atoms. The highest BCUT2D eigenvalue weighted by Crippen LogP contribution is 2.37. The van der Waals surface area contributed by atoms with Crippen LogP contribution in [0.25, 0.3) is 0 Å². The lowest BCUT2D eigenvalue weighted by molar-refractivity contribution is -0.182. The molecule has 2 aliphatic rings. The summed E-state index contributed by atoms with van der Waals surface area (Å²) in [4.78, 5) is 5.39. The van der Waals surface area contributed by atoms with Crippen molar-refractivity contribution in [2.45, 2.75) is 38.0 Å². The van der Waals surface area contributed by atoms with Gasteiger partial charge in [-0.05, 0) is 25.3 Å². The van der Waals surface area contributed by atoms with E-state index >= 15 is 0 Å². The first kappa shape index (κ1) is 12.5. The molecule has 1 aliphatic heterocycles. The third kappa shape index (κ3) is 2.91. The average Bonchev–Trinajstić information content (AvgIpc) is 3.04. The van der Waals surface area contributed by atoms with Crippen molar-refractivity contribution >= 4 is 11.3 Å². The predicted molar refractivity (Wildman–Crippen MR) is 70.4 cm³/mol. The number of rotatable bonds is 4. The number of aromatic nitrogens is 1. The summed E-state index contributed by atoms with van der Waals surface area (Å²) in [5.41, 5.74) is 1.89. The Labute approximate surface area is 112 Å². The van der Waals surface area contributed by atoms with Gasteiger partial charge in [-0.3, -0.25) is 4.98 Å². The van der Waals surface area contributed by atoms with Crippen LogP contribution in [0.15, 0.2) is 11.7 Å². The zero-order valence-electron chi connectivity index (χ0n) is 10.6. The Balaban J connectivity index is 1.38. The minimum atomic E-state index is -0.214. The molecule has 100 valence electrons. The Bertz CT molecular complexity index is 353. The lowest BCUT2D eigenvalue weighted by atomic mass is 9.85. The second-order valence-corrected chi connectivity index (χ2v) is 6.12. The molecule has 1 aromatic rings. The van der Waals surface area contributed by atoms with E-state index in [-0.39, 0.29) is 5.79 Å². The van der Waals surface area contributed by atoms with E-state index in [0.29, 0.717) is 0 Å². The largest absolute Gasteiger partial charge is 0.348 e. The van der Waals surface area contributed by atoms with Crippen LogP contribution in [0, 0.1) is 5.92 Å². The van der Waals surface area contributed by atoms with Gasteiger partial charge >= 0.3 is 0 Å². The number of hydrogen-bond acceptors (Lipinski definition) is 5. The highest BCUT2D eigenvalue weighted by molar-refractivity contribution is 7.09. The fourth-order valence-electron chi connectivity index (χ4n) is 2.84. The van der Waals surface area contributed by atoms with Gasteiger partial charge in [0.25, 0.3) is 0 Å². The fraction of sp³-hybridized carbons (Fsp3) is 0.769. The van der Waals surface area contributed by atoms with Crippen molar-refractivity contribution in [1.82, 2.24) is 10.3 Å². The Morgan fingerprint density at radius 1 is 1.33 bits per heavy atom. The SMILES string of the molecule is c1ncc(CNCC2CCC3(CC2)OCCO3)s1. The summed E-state index contributed by atoms with van der Waals surface area (Å²) in [7, 11) is 0. The van der Waals surface area contributed by atoms with E-state index in [0.717, 1.165) is 45.1 Å². The Morgan fingerprint density at radius 2 is 2.11 bits per heavy atom. The highest BCUT2D eigenvalue weighted by atomic mass is 32.1. The molecule has 1 saturated carbocycles. The average molecular weight is 268 g/mol. The van der Waals surface area contributed by atoms with Gasteiger partial charge < -0.3 is 14.8 Å². The molecule has 5 heteroatoms. The Morgan fingerprint density at radius 3 is 2.78 bits per heavy atom. The number of hydrogen-bond donors (Lipinski definition) is 1. The molecule has 3 rings (SSSR count). The van der Waals surface area contributed by atoms with Crippen LogP contribution in [0.3, 0.4) is 0 Å². The summed E-state index contributed by atoms with van der Waals surface area (Å²) < 4.78 is 11.5. The zero-order chi connectivity index (χ0) is 12.3. The predicted octanol–water partition coefficient (Wildman–Crippen LogP) is 2.17. The second kappa shape index (κ2) is 5.65. The topological polar surface area (TPSA) is 43.4 Å². The van der Waals surface area contributed by atoms with Crippen LogP contribution >= 0.6 is 11.3 Å². The summed E-state index contributed by atoms with van der Waals surface area (Å²) in [6, 6.07) is 0. The molecule has 2 fully saturated rings. The fourth-order valence-corrected chi connectivity index (χ4v) is 3.40. The summed E-state index contributed by atoms with van der Waals surface area (Å²) in [5, 5.41) is 3.53. The van der Waals surface area contributed by atoms with Crippen LogP contribution in [0.1, 0.15) is 30.6 Å². The van der Waals surface area contributed by atoms with E-state index in [1.807, 2.05) is 11.7 Å². The van der Waals surface area contributed by atoms with Crippen molar-refractivity contribution in [1.29, 1.82) is 0 Å². The van der Waals surface area contributed by atoms with Crippen LogP contribution in [0.4, 0.5) is 0 Å². The molecule has 0 atom stereocenters. The molecule has 1 spiro atoms. The van der Waals surface area contributed by atoms with E-state index < -0.39 is 0 Å². The van der Waals surface area contributed by atoms with Crippen molar-refractivity contribution in [2.24, 2.45) is 5.92 Å². The lowest BCUT2D eigenvalue weighted by Crippen LogP contribution is -2.37. The molecule has 0 unspecified atom stereocenters. The van der Waals surface area contributed by atoms with Gasteiger partial charge in [0, 0.05) is 30.5 Å². The Kier molecular flexibility index (Phi) is 3.94. The molecular formula is C13H20N2O2S. The molecule has 0 aromatic carbocycles. The first-order valence-electron chi connectivity index (χ1n) is 6.72. The van der Waals surface area contributed by atoms with E-state index in [9.17, 15) is 0 Å². The normalized spacial score (nSPS) is 23.8. The van der Waals surface area contributed by atoms with Gasteiger partial charge in [-0.2, -0.15) is 0 Å². The molecule has 1 aromatic heterocycles. The van der Waals surface area contributed by atoms with Gasteiger partial charge in [-0.15, -0.1) is 11.3 Å². The van der Waals surface area contributed by atoms with Gasteiger partial charge in [-0.25, -0.2) is 0 Å². The number of nitrogens with one attached hydrogen (secondary N) is 1. The van der Waals surface area contributed by atoms with E-state index in [1.165, 1.54) is 17.7 Å². The molecule has 0 radical (unpaired) electrons. The van der Waals surface area contributed by atoms with Crippen molar-refractivity contribution in [3.8, 4) is 0 Å². The maximum atomic E-state index is 5.74. The van der Waals surface area contributed by atoms with Crippen LogP contribution in [-0.2, 0) is 16.0 Å². The lowest BCUT2D eigenvalue weighted by Gasteiger charge is -2.35. The monoisotopic (exact) mass is 268 g/mol. The van der Waals surface area contributed by atoms with Gasteiger partial charge in [0.05, 0.1) is 18.7 Å². The number of nitrogens with zero attached hydrogens (tertiary/aromatic N) is 1. The third-order valence-corrected chi connectivity index (χ3v) is 4.68. The maximum absolute atomic E-state index is 5.74. The quantitative estimate of drug-likeness (QED) is 0.909. The molecular weight excluding hydrogens is 248 g/mol. The molecule has 2 heterocycles. The van der Waals surface area contributed by atoms with Crippen LogP contribution < -0.4 is 5.32 Å². The third-order valence-electron chi connectivity index (χ3n) is 3.90. The van der Waals surface area contributed by atoms with Gasteiger partial charge in [0.15, 0.2) is 5.79 Å². The van der Waals surface area contributed by atoms with Gasteiger partial charge in [-0.1, -0.05) is 0 Å². The number of thiazole rings is 1.